The lowest BCUT2D eigenvalue weighted by Crippen LogP contribution is -2.34. The SMILES string of the molecule is Cn1nc2c(c1C(=O)N(CC#N)c1ccc(F)cc1)CS(=O)(=O)CC2. The molecule has 25 heavy (non-hydrogen) atoms. The van der Waals surface area contributed by atoms with Crippen molar-refractivity contribution in [3.8, 4) is 6.07 Å². The number of benzene rings is 1. The van der Waals surface area contributed by atoms with Crippen LogP contribution in [0, 0.1) is 17.1 Å². The molecule has 1 aromatic carbocycles. The van der Waals surface area contributed by atoms with Crippen LogP contribution in [-0.4, -0.2) is 36.4 Å². The number of halogens is 1. The number of carbonyl (C=O) groups excluding carboxylic acids is 1. The van der Waals surface area contributed by atoms with E-state index in [4.69, 9.17) is 5.26 Å². The summed E-state index contributed by atoms with van der Waals surface area (Å²) in [5.41, 5.74) is 1.44. The zero-order valence-corrected chi connectivity index (χ0v) is 14.3. The Morgan fingerprint density at radius 2 is 2.08 bits per heavy atom. The van der Waals surface area contributed by atoms with E-state index in [9.17, 15) is 17.6 Å². The lowest BCUT2D eigenvalue weighted by atomic mass is 10.1. The molecule has 0 N–H and O–H groups in total. The van der Waals surface area contributed by atoms with Gasteiger partial charge in [0, 0.05) is 24.7 Å². The van der Waals surface area contributed by atoms with E-state index in [-0.39, 0.29) is 30.2 Å². The Balaban J connectivity index is 2.06. The first-order valence-corrected chi connectivity index (χ1v) is 9.34. The van der Waals surface area contributed by atoms with Crippen molar-refractivity contribution in [2.24, 2.45) is 7.05 Å². The molecule has 0 unspecified atom stereocenters. The number of nitriles is 1. The maximum absolute atomic E-state index is 13.1. The van der Waals surface area contributed by atoms with Gasteiger partial charge in [-0.05, 0) is 24.3 Å². The highest BCUT2D eigenvalue weighted by molar-refractivity contribution is 7.90. The van der Waals surface area contributed by atoms with Gasteiger partial charge in [0.05, 0.1) is 23.3 Å². The molecule has 9 heteroatoms. The van der Waals surface area contributed by atoms with Gasteiger partial charge in [-0.25, -0.2) is 12.8 Å². The number of fused-ring (bicyclic) bond motifs is 1. The van der Waals surface area contributed by atoms with Gasteiger partial charge in [-0.3, -0.25) is 14.4 Å². The summed E-state index contributed by atoms with van der Waals surface area (Å²) in [5, 5.41) is 13.3. The number of hydrogen-bond donors (Lipinski definition) is 0. The molecule has 3 rings (SSSR count). The van der Waals surface area contributed by atoms with Gasteiger partial charge in [0.15, 0.2) is 9.84 Å². The summed E-state index contributed by atoms with van der Waals surface area (Å²) in [4.78, 5) is 14.2. The van der Waals surface area contributed by atoms with Crippen molar-refractivity contribution in [2.75, 3.05) is 17.2 Å². The van der Waals surface area contributed by atoms with Crippen LogP contribution in [0.2, 0.25) is 0 Å². The summed E-state index contributed by atoms with van der Waals surface area (Å²) in [7, 11) is -1.72. The third-order valence-electron chi connectivity index (χ3n) is 4.06. The molecule has 0 saturated carbocycles. The maximum Gasteiger partial charge on any atom is 0.277 e. The Morgan fingerprint density at radius 3 is 2.72 bits per heavy atom. The summed E-state index contributed by atoms with van der Waals surface area (Å²) in [6, 6.07) is 7.07. The number of carbonyl (C=O) groups is 1. The average molecular weight is 362 g/mol. The summed E-state index contributed by atoms with van der Waals surface area (Å²) < 4.78 is 38.4. The molecule has 130 valence electrons. The van der Waals surface area contributed by atoms with E-state index in [0.717, 1.165) is 0 Å². The van der Waals surface area contributed by atoms with Crippen molar-refractivity contribution >= 4 is 21.4 Å². The second-order valence-electron chi connectivity index (χ2n) is 5.77. The highest BCUT2D eigenvalue weighted by atomic mass is 32.2. The molecule has 0 saturated heterocycles. The van der Waals surface area contributed by atoms with E-state index < -0.39 is 21.6 Å². The van der Waals surface area contributed by atoms with Crippen molar-refractivity contribution in [1.29, 1.82) is 5.26 Å². The number of amides is 1. The van der Waals surface area contributed by atoms with Crippen molar-refractivity contribution in [1.82, 2.24) is 9.78 Å². The van der Waals surface area contributed by atoms with Gasteiger partial charge in [-0.2, -0.15) is 10.4 Å². The second-order valence-corrected chi connectivity index (χ2v) is 7.95. The fourth-order valence-corrected chi connectivity index (χ4v) is 4.28. The largest absolute Gasteiger partial charge is 0.293 e. The van der Waals surface area contributed by atoms with Crippen LogP contribution in [0.5, 0.6) is 0 Å². The molecule has 7 nitrogen and oxygen atoms in total. The van der Waals surface area contributed by atoms with Gasteiger partial charge in [0.2, 0.25) is 0 Å². The van der Waals surface area contributed by atoms with Gasteiger partial charge < -0.3 is 0 Å². The summed E-state index contributed by atoms with van der Waals surface area (Å²) in [6.07, 6.45) is 0.258. The first kappa shape index (κ1) is 17.1. The van der Waals surface area contributed by atoms with E-state index in [1.165, 1.54) is 33.8 Å². The van der Waals surface area contributed by atoms with Crippen molar-refractivity contribution in [2.45, 2.75) is 12.2 Å². The molecule has 0 fully saturated rings. The monoisotopic (exact) mass is 362 g/mol. The third-order valence-corrected chi connectivity index (χ3v) is 5.61. The smallest absolute Gasteiger partial charge is 0.277 e. The van der Waals surface area contributed by atoms with Gasteiger partial charge in [-0.15, -0.1) is 0 Å². The van der Waals surface area contributed by atoms with Crippen molar-refractivity contribution in [3.05, 3.63) is 47.0 Å². The Kier molecular flexibility index (Phi) is 4.30. The van der Waals surface area contributed by atoms with Crippen LogP contribution in [0.3, 0.4) is 0 Å². The van der Waals surface area contributed by atoms with Crippen molar-refractivity contribution < 1.29 is 17.6 Å². The fraction of sp³-hybridized carbons (Fsp3) is 0.312. The zero-order valence-electron chi connectivity index (χ0n) is 13.4. The first-order valence-electron chi connectivity index (χ1n) is 7.52. The maximum atomic E-state index is 13.1. The van der Waals surface area contributed by atoms with Crippen LogP contribution in [0.15, 0.2) is 24.3 Å². The molecular weight excluding hydrogens is 347 g/mol. The fourth-order valence-electron chi connectivity index (χ4n) is 2.89. The molecule has 2 aromatic rings. The van der Waals surface area contributed by atoms with Gasteiger partial charge >= 0.3 is 0 Å². The number of aryl methyl sites for hydroxylation is 2. The quantitative estimate of drug-likeness (QED) is 0.765. The minimum atomic E-state index is -3.29. The highest BCUT2D eigenvalue weighted by Crippen LogP contribution is 2.26. The predicted molar refractivity (Wildman–Crippen MR) is 88.1 cm³/mol. The Morgan fingerprint density at radius 1 is 1.40 bits per heavy atom. The number of nitrogens with zero attached hydrogens (tertiary/aromatic N) is 4. The molecule has 1 aromatic heterocycles. The topological polar surface area (TPSA) is 96.1 Å². The van der Waals surface area contributed by atoms with Crippen LogP contribution in [0.1, 0.15) is 21.7 Å². The van der Waals surface area contributed by atoms with Crippen LogP contribution in [0.25, 0.3) is 0 Å². The summed E-state index contributed by atoms with van der Waals surface area (Å²) in [5.74, 6) is -1.25. The molecule has 1 amide bonds. The normalized spacial score (nSPS) is 15.2. The van der Waals surface area contributed by atoms with Crippen LogP contribution < -0.4 is 4.90 Å². The molecule has 0 atom stereocenters. The minimum absolute atomic E-state index is 0.00448. The van der Waals surface area contributed by atoms with Gasteiger partial charge in [0.1, 0.15) is 18.1 Å². The molecule has 0 aliphatic carbocycles. The lowest BCUT2D eigenvalue weighted by molar-refractivity contribution is 0.0980. The Bertz CT molecular complexity index is 974. The number of rotatable bonds is 3. The molecule has 0 bridgehead atoms. The number of sulfone groups is 1. The molecule has 2 heterocycles. The summed E-state index contributed by atoms with van der Waals surface area (Å²) in [6.45, 7) is -0.253. The average Bonchev–Trinajstić information content (AvgIpc) is 2.87. The van der Waals surface area contributed by atoms with Gasteiger partial charge in [-0.1, -0.05) is 0 Å². The van der Waals surface area contributed by atoms with E-state index in [0.29, 0.717) is 16.9 Å². The minimum Gasteiger partial charge on any atom is -0.293 e. The molecule has 0 spiro atoms. The standard InChI is InChI=1S/C16H15FN4O3S/c1-20-15(13-10-25(23,24)9-6-14(13)19-20)16(22)21(8-7-18)12-4-2-11(17)3-5-12/h2-5H,6,8-10H2,1H3. The number of aromatic nitrogens is 2. The van der Waals surface area contributed by atoms with E-state index in [1.807, 2.05) is 6.07 Å². The van der Waals surface area contributed by atoms with E-state index in [1.54, 1.807) is 7.05 Å². The number of hydrogen-bond acceptors (Lipinski definition) is 5. The van der Waals surface area contributed by atoms with E-state index >= 15 is 0 Å². The van der Waals surface area contributed by atoms with Crippen LogP contribution in [-0.2, 0) is 29.1 Å². The molecule has 0 radical (unpaired) electrons. The Labute approximate surface area is 144 Å². The van der Waals surface area contributed by atoms with Crippen molar-refractivity contribution in [3.63, 3.8) is 0 Å². The van der Waals surface area contributed by atoms with Crippen LogP contribution in [0.4, 0.5) is 10.1 Å². The third kappa shape index (κ3) is 3.25. The van der Waals surface area contributed by atoms with Crippen LogP contribution >= 0.6 is 0 Å². The molecule has 1 aliphatic rings. The number of anilines is 1. The van der Waals surface area contributed by atoms with E-state index in [2.05, 4.69) is 5.10 Å². The lowest BCUT2D eigenvalue weighted by Gasteiger charge is -2.21. The second kappa shape index (κ2) is 6.29. The molecule has 1 aliphatic heterocycles. The van der Waals surface area contributed by atoms with Gasteiger partial charge in [0.25, 0.3) is 5.91 Å². The summed E-state index contributed by atoms with van der Waals surface area (Å²) >= 11 is 0. The predicted octanol–water partition coefficient (Wildman–Crippen LogP) is 1.20. The zero-order chi connectivity index (χ0) is 18.2. The molecular formula is C16H15FN4O3S. The first-order chi connectivity index (χ1) is 11.8. The highest BCUT2D eigenvalue weighted by Gasteiger charge is 2.32. The Hall–Kier alpha value is -2.73.